The van der Waals surface area contributed by atoms with Gasteiger partial charge in [-0.2, -0.15) is 0 Å². The summed E-state index contributed by atoms with van der Waals surface area (Å²) in [6, 6.07) is 63.1. The average molecular weight is 669 g/mol. The molecule has 0 atom stereocenters. The highest BCUT2D eigenvalue weighted by atomic mass is 32.1. The Morgan fingerprint density at radius 3 is 1.66 bits per heavy atom. The van der Waals surface area contributed by atoms with Crippen molar-refractivity contribution in [2.45, 2.75) is 0 Å². The molecule has 0 saturated carbocycles. The molecule has 0 radical (unpaired) electrons. The van der Waals surface area contributed by atoms with Gasteiger partial charge < -0.3 is 0 Å². The predicted octanol–water partition coefficient (Wildman–Crippen LogP) is 14.9. The largest absolute Gasteiger partial charge is 0.135 e. The van der Waals surface area contributed by atoms with Crippen LogP contribution in [0, 0.1) is 0 Å². The summed E-state index contributed by atoms with van der Waals surface area (Å²) in [4.78, 5) is 0. The molecule has 9 aromatic carbocycles. The van der Waals surface area contributed by atoms with Crippen molar-refractivity contribution in [2.75, 3.05) is 0 Å². The minimum Gasteiger partial charge on any atom is -0.135 e. The van der Waals surface area contributed by atoms with Crippen LogP contribution in [0.25, 0.3) is 106 Å². The Hall–Kier alpha value is -5.80. The van der Waals surface area contributed by atoms with Gasteiger partial charge in [-0.15, -0.1) is 22.7 Å². The van der Waals surface area contributed by atoms with E-state index in [9.17, 15) is 0 Å². The van der Waals surface area contributed by atoms with Crippen LogP contribution in [-0.2, 0) is 0 Å². The maximum absolute atomic E-state index is 2.45. The molecule has 0 unspecified atom stereocenters. The number of hydrogen-bond acceptors (Lipinski definition) is 2. The van der Waals surface area contributed by atoms with E-state index in [4.69, 9.17) is 0 Å². The van der Waals surface area contributed by atoms with Gasteiger partial charge >= 0.3 is 0 Å². The van der Waals surface area contributed by atoms with Crippen molar-refractivity contribution in [3.05, 3.63) is 170 Å². The van der Waals surface area contributed by atoms with E-state index < -0.39 is 0 Å². The molecule has 2 heterocycles. The molecule has 2 heteroatoms. The van der Waals surface area contributed by atoms with Crippen molar-refractivity contribution in [3.8, 4) is 33.4 Å². The summed E-state index contributed by atoms with van der Waals surface area (Å²) in [7, 11) is 0. The maximum atomic E-state index is 2.45. The molecule has 0 fully saturated rings. The average Bonchev–Trinajstić information content (AvgIpc) is 3.75. The summed E-state index contributed by atoms with van der Waals surface area (Å²) in [6.45, 7) is 0. The van der Waals surface area contributed by atoms with Crippen LogP contribution in [0.15, 0.2) is 170 Å². The highest BCUT2D eigenvalue weighted by molar-refractivity contribution is 7.29. The third kappa shape index (κ3) is 4.10. The van der Waals surface area contributed by atoms with E-state index in [0.29, 0.717) is 0 Å². The first kappa shape index (κ1) is 28.1. The summed E-state index contributed by atoms with van der Waals surface area (Å²) < 4.78 is 5.43. The molecule has 0 bridgehead atoms. The molecule has 0 saturated heterocycles. The number of rotatable bonds is 3. The zero-order valence-electron chi connectivity index (χ0n) is 27.0. The Morgan fingerprint density at radius 1 is 0.300 bits per heavy atom. The number of benzene rings is 9. The van der Waals surface area contributed by atoms with Gasteiger partial charge in [0.1, 0.15) is 0 Å². The fourth-order valence-corrected chi connectivity index (χ4v) is 10.7. The Balaban J connectivity index is 1.21. The number of thiophene rings is 2. The Bertz CT molecular complexity index is 3080. The zero-order chi connectivity index (χ0) is 32.8. The molecular formula is C48H28S2. The van der Waals surface area contributed by atoms with E-state index in [2.05, 4.69) is 170 Å². The van der Waals surface area contributed by atoms with Gasteiger partial charge in [0.25, 0.3) is 0 Å². The molecule has 0 N–H and O–H groups in total. The fraction of sp³-hybridized carbons (Fsp3) is 0. The van der Waals surface area contributed by atoms with E-state index in [1.54, 1.807) is 0 Å². The van der Waals surface area contributed by atoms with Gasteiger partial charge in [0, 0.05) is 40.3 Å². The molecule has 0 spiro atoms. The van der Waals surface area contributed by atoms with Crippen LogP contribution in [0.5, 0.6) is 0 Å². The summed E-state index contributed by atoms with van der Waals surface area (Å²) in [5.74, 6) is 0. The topological polar surface area (TPSA) is 0 Å². The minimum absolute atomic E-state index is 1.24. The number of hydrogen-bond donors (Lipinski definition) is 0. The van der Waals surface area contributed by atoms with Gasteiger partial charge in [-0.25, -0.2) is 0 Å². The van der Waals surface area contributed by atoms with E-state index in [1.165, 1.54) is 106 Å². The lowest BCUT2D eigenvalue weighted by Crippen LogP contribution is -1.92. The lowest BCUT2D eigenvalue weighted by molar-refractivity contribution is 1.65. The highest BCUT2D eigenvalue weighted by Crippen LogP contribution is 2.48. The summed E-state index contributed by atoms with van der Waals surface area (Å²) in [6.07, 6.45) is 0. The molecule has 232 valence electrons. The second kappa shape index (κ2) is 10.9. The quantitative estimate of drug-likeness (QED) is 0.164. The zero-order valence-corrected chi connectivity index (χ0v) is 28.6. The normalized spacial score (nSPS) is 12.0. The Labute approximate surface area is 297 Å². The minimum atomic E-state index is 1.24. The number of fused-ring (bicyclic) bond motifs is 10. The summed E-state index contributed by atoms with van der Waals surface area (Å²) >= 11 is 3.82. The van der Waals surface area contributed by atoms with Crippen molar-refractivity contribution in [1.82, 2.24) is 0 Å². The first-order chi connectivity index (χ1) is 24.8. The molecule has 0 amide bonds. The van der Waals surface area contributed by atoms with Crippen LogP contribution >= 0.6 is 22.7 Å². The monoisotopic (exact) mass is 668 g/mol. The molecule has 0 aliphatic heterocycles. The Morgan fingerprint density at radius 2 is 0.900 bits per heavy atom. The van der Waals surface area contributed by atoms with Gasteiger partial charge in [-0.1, -0.05) is 133 Å². The van der Waals surface area contributed by atoms with Gasteiger partial charge in [0.2, 0.25) is 0 Å². The lowest BCUT2D eigenvalue weighted by atomic mass is 9.84. The standard InChI is InChI=1S/C48H28S2/c1-2-12-29(13-3-1)45-35-17-6-8-19-37(35)46(38-20-9-7-18-36(38)45)40-28-32(26-31-14-4-5-15-33(31)40)30-22-24-43-41(27-30)47-44(49-43)25-23-39-34-16-10-11-21-42(34)50-48(39)47/h1-28H. The van der Waals surface area contributed by atoms with Crippen molar-refractivity contribution < 1.29 is 0 Å². The third-order valence-corrected chi connectivity index (χ3v) is 12.8. The molecule has 0 aliphatic carbocycles. The smallest absolute Gasteiger partial charge is 0.0448 e. The van der Waals surface area contributed by atoms with E-state index in [1.807, 2.05) is 22.7 Å². The summed E-state index contributed by atoms with van der Waals surface area (Å²) in [5.41, 5.74) is 7.59. The van der Waals surface area contributed by atoms with E-state index >= 15 is 0 Å². The van der Waals surface area contributed by atoms with E-state index in [-0.39, 0.29) is 0 Å². The van der Waals surface area contributed by atoms with Crippen molar-refractivity contribution >= 4 is 95.3 Å². The van der Waals surface area contributed by atoms with Crippen LogP contribution in [0.4, 0.5) is 0 Å². The Kier molecular flexibility index (Phi) is 6.09. The van der Waals surface area contributed by atoms with Crippen LogP contribution < -0.4 is 0 Å². The van der Waals surface area contributed by atoms with Gasteiger partial charge in [-0.3, -0.25) is 0 Å². The lowest BCUT2D eigenvalue weighted by Gasteiger charge is -2.19. The van der Waals surface area contributed by atoms with Crippen LogP contribution in [-0.4, -0.2) is 0 Å². The molecule has 11 aromatic rings. The SMILES string of the molecule is c1ccc(-c2c3ccccc3c(-c3cc(-c4ccc5sc6ccc7c8ccccc8sc7c6c5c4)cc4ccccc34)c3ccccc23)cc1. The third-order valence-electron chi connectivity index (χ3n) is 10.4. The molecule has 11 rings (SSSR count). The van der Waals surface area contributed by atoms with Gasteiger partial charge in [0.15, 0.2) is 0 Å². The maximum Gasteiger partial charge on any atom is 0.0448 e. The molecule has 2 aromatic heterocycles. The molecule has 0 aliphatic rings. The summed E-state index contributed by atoms with van der Waals surface area (Å²) in [5, 5.41) is 13.1. The van der Waals surface area contributed by atoms with Gasteiger partial charge in [-0.05, 0) is 102 Å². The molecule has 50 heavy (non-hydrogen) atoms. The second-order valence-electron chi connectivity index (χ2n) is 13.2. The van der Waals surface area contributed by atoms with Crippen molar-refractivity contribution in [1.29, 1.82) is 0 Å². The van der Waals surface area contributed by atoms with Crippen LogP contribution in [0.1, 0.15) is 0 Å². The van der Waals surface area contributed by atoms with Crippen molar-refractivity contribution in [3.63, 3.8) is 0 Å². The van der Waals surface area contributed by atoms with Crippen molar-refractivity contribution in [2.24, 2.45) is 0 Å². The highest BCUT2D eigenvalue weighted by Gasteiger charge is 2.19. The van der Waals surface area contributed by atoms with E-state index in [0.717, 1.165) is 0 Å². The fourth-order valence-electron chi connectivity index (χ4n) is 8.24. The van der Waals surface area contributed by atoms with Gasteiger partial charge in [0.05, 0.1) is 0 Å². The van der Waals surface area contributed by atoms with Crippen LogP contribution in [0.3, 0.4) is 0 Å². The predicted molar refractivity (Wildman–Crippen MR) is 221 cm³/mol. The molecular weight excluding hydrogens is 641 g/mol. The molecule has 0 nitrogen and oxygen atoms in total. The second-order valence-corrected chi connectivity index (χ2v) is 15.3. The van der Waals surface area contributed by atoms with Crippen LogP contribution in [0.2, 0.25) is 0 Å². The first-order valence-corrected chi connectivity index (χ1v) is 18.7. The first-order valence-electron chi connectivity index (χ1n) is 17.1.